The Kier molecular flexibility index (Phi) is 6.92. The molecule has 2 aromatic carbocycles. The highest BCUT2D eigenvalue weighted by molar-refractivity contribution is 6.31. The summed E-state index contributed by atoms with van der Waals surface area (Å²) in [4.78, 5) is 1.56. The fraction of sp³-hybridized carbons (Fsp3) is 0.381. The summed E-state index contributed by atoms with van der Waals surface area (Å²) < 4.78 is 5.61. The molecular weight excluding hydrogens is 346 g/mol. The van der Waals surface area contributed by atoms with Gasteiger partial charge in [0.2, 0.25) is 0 Å². The number of nitrogens with zero attached hydrogens (tertiary/aromatic N) is 2. The Labute approximate surface area is 161 Å². The quantitative estimate of drug-likeness (QED) is 0.757. The van der Waals surface area contributed by atoms with E-state index in [-0.39, 0.29) is 0 Å². The zero-order valence-electron chi connectivity index (χ0n) is 15.3. The van der Waals surface area contributed by atoms with Gasteiger partial charge in [0.25, 0.3) is 0 Å². The van der Waals surface area contributed by atoms with Crippen molar-refractivity contribution in [3.63, 3.8) is 0 Å². The minimum atomic E-state index is 0.758. The summed E-state index contributed by atoms with van der Waals surface area (Å²) in [5, 5.41) is 7.65. The molecule has 1 aliphatic heterocycles. The summed E-state index contributed by atoms with van der Waals surface area (Å²) >= 11 is 6.27. The summed E-state index contributed by atoms with van der Waals surface area (Å²) in [5.41, 5.74) is 2.33. The number of hydrogen-bond acceptors (Lipinski definition) is 3. The predicted octanol–water partition coefficient (Wildman–Crippen LogP) is 2.86. The summed E-state index contributed by atoms with van der Waals surface area (Å²) in [5.74, 6) is 0.917. The summed E-state index contributed by atoms with van der Waals surface area (Å²) in [6.07, 6.45) is 2.95. The van der Waals surface area contributed by atoms with Crippen LogP contribution in [0.3, 0.4) is 0 Å². The third-order valence-corrected chi connectivity index (χ3v) is 4.94. The Hall–Kier alpha value is -2.04. The van der Waals surface area contributed by atoms with Crippen LogP contribution in [0.2, 0.25) is 5.02 Å². The highest BCUT2D eigenvalue weighted by Gasteiger charge is 2.19. The van der Waals surface area contributed by atoms with E-state index in [1.54, 1.807) is 4.90 Å². The van der Waals surface area contributed by atoms with Crippen LogP contribution in [-0.2, 0) is 6.54 Å². The number of hydrogen-bond donors (Lipinski definition) is 1. The fourth-order valence-corrected chi connectivity index (χ4v) is 3.24. The van der Waals surface area contributed by atoms with Crippen molar-refractivity contribution in [1.82, 2.24) is 5.01 Å². The van der Waals surface area contributed by atoms with Crippen molar-refractivity contribution in [2.24, 2.45) is 5.10 Å². The molecule has 0 aromatic heterocycles. The number of ether oxygens (including phenoxy) is 1. The molecule has 0 aliphatic carbocycles. The van der Waals surface area contributed by atoms with Gasteiger partial charge in [0.05, 0.1) is 39.0 Å². The maximum absolute atomic E-state index is 6.27. The second-order valence-corrected chi connectivity index (χ2v) is 7.04. The Morgan fingerprint density at radius 2 is 1.85 bits per heavy atom. The lowest BCUT2D eigenvalue weighted by Crippen LogP contribution is -3.13. The summed E-state index contributed by atoms with van der Waals surface area (Å²) in [7, 11) is 0. The smallest absolute Gasteiger partial charge is 0.119 e. The third-order valence-electron chi connectivity index (χ3n) is 4.57. The minimum Gasteiger partial charge on any atom is -0.494 e. The first-order valence-corrected chi connectivity index (χ1v) is 9.71. The molecule has 2 aromatic rings. The average molecular weight is 373 g/mol. The molecule has 0 saturated carbocycles. The second kappa shape index (κ2) is 9.60. The van der Waals surface area contributed by atoms with E-state index in [2.05, 4.69) is 29.2 Å². The Bertz CT molecular complexity index is 709. The van der Waals surface area contributed by atoms with E-state index in [0.29, 0.717) is 0 Å². The van der Waals surface area contributed by atoms with E-state index >= 15 is 0 Å². The van der Waals surface area contributed by atoms with Gasteiger partial charge in [0.15, 0.2) is 0 Å². The van der Waals surface area contributed by atoms with Crippen molar-refractivity contribution in [2.45, 2.75) is 19.9 Å². The first-order valence-electron chi connectivity index (χ1n) is 9.33. The van der Waals surface area contributed by atoms with Gasteiger partial charge in [-0.2, -0.15) is 5.10 Å². The van der Waals surface area contributed by atoms with Crippen LogP contribution in [0, 0.1) is 0 Å². The number of benzene rings is 2. The molecule has 4 nitrogen and oxygen atoms in total. The zero-order chi connectivity index (χ0) is 18.2. The highest BCUT2D eigenvalue weighted by atomic mass is 35.5. The van der Waals surface area contributed by atoms with E-state index in [9.17, 15) is 0 Å². The highest BCUT2D eigenvalue weighted by Crippen LogP contribution is 2.14. The largest absolute Gasteiger partial charge is 0.494 e. The van der Waals surface area contributed by atoms with Crippen molar-refractivity contribution < 1.29 is 9.64 Å². The Balaban J connectivity index is 1.46. The van der Waals surface area contributed by atoms with Crippen LogP contribution in [0.1, 0.15) is 24.5 Å². The molecule has 0 radical (unpaired) electrons. The van der Waals surface area contributed by atoms with Crippen molar-refractivity contribution in [3.8, 4) is 5.75 Å². The number of hydrazone groups is 1. The maximum atomic E-state index is 6.27. The third kappa shape index (κ3) is 5.48. The first-order chi connectivity index (χ1) is 12.7. The molecule has 138 valence electrons. The van der Waals surface area contributed by atoms with Gasteiger partial charge in [-0.1, -0.05) is 36.7 Å². The molecule has 26 heavy (non-hydrogen) atoms. The van der Waals surface area contributed by atoms with Crippen LogP contribution in [0.5, 0.6) is 5.75 Å². The van der Waals surface area contributed by atoms with E-state index in [1.807, 2.05) is 42.6 Å². The summed E-state index contributed by atoms with van der Waals surface area (Å²) in [6, 6.07) is 16.2. The number of rotatable bonds is 7. The normalized spacial score (nSPS) is 15.5. The standard InChI is InChI=1S/C21H26ClN3O/c1-2-15-26-20-9-7-18(8-10-20)16-23-25-13-11-24(12-14-25)17-19-5-3-4-6-21(19)22/h3-10,16H,2,11-15,17H2,1H3/p+1/b23-16-. The van der Waals surface area contributed by atoms with Crippen LogP contribution in [0.25, 0.3) is 0 Å². The van der Waals surface area contributed by atoms with E-state index in [4.69, 9.17) is 16.3 Å². The minimum absolute atomic E-state index is 0.758. The molecule has 1 fully saturated rings. The topological polar surface area (TPSA) is 29.3 Å². The van der Waals surface area contributed by atoms with E-state index < -0.39 is 0 Å². The predicted molar refractivity (Wildman–Crippen MR) is 107 cm³/mol. The van der Waals surface area contributed by atoms with E-state index in [0.717, 1.165) is 62.1 Å². The molecule has 1 N–H and O–H groups in total. The lowest BCUT2D eigenvalue weighted by Gasteiger charge is -2.30. The van der Waals surface area contributed by atoms with E-state index in [1.165, 1.54) is 5.56 Å². The molecule has 0 atom stereocenters. The zero-order valence-corrected chi connectivity index (χ0v) is 16.1. The second-order valence-electron chi connectivity index (χ2n) is 6.63. The van der Waals surface area contributed by atoms with Crippen LogP contribution in [0.15, 0.2) is 53.6 Å². The van der Waals surface area contributed by atoms with Gasteiger partial charge in [-0.3, -0.25) is 5.01 Å². The SMILES string of the molecule is CCCOc1ccc(/C=N\N2CC[NH+](Cc3ccccc3Cl)CC2)cc1. The Morgan fingerprint density at radius 3 is 2.54 bits per heavy atom. The molecule has 3 rings (SSSR count). The fourth-order valence-electron chi connectivity index (χ4n) is 3.03. The van der Waals surface area contributed by atoms with Gasteiger partial charge >= 0.3 is 0 Å². The van der Waals surface area contributed by atoms with Gasteiger partial charge in [-0.25, -0.2) is 0 Å². The molecule has 0 bridgehead atoms. The van der Waals surface area contributed by atoms with Gasteiger partial charge in [-0.05, 0) is 42.3 Å². The molecule has 5 heteroatoms. The first kappa shape index (κ1) is 18.7. The van der Waals surface area contributed by atoms with Crippen LogP contribution < -0.4 is 9.64 Å². The number of nitrogens with one attached hydrogen (secondary N) is 1. The molecule has 1 heterocycles. The monoisotopic (exact) mass is 372 g/mol. The van der Waals surface area contributed by atoms with Crippen molar-refractivity contribution in [3.05, 3.63) is 64.7 Å². The number of piperazine rings is 1. The molecule has 1 aliphatic rings. The molecule has 0 amide bonds. The lowest BCUT2D eigenvalue weighted by atomic mass is 10.2. The molecule has 0 unspecified atom stereocenters. The number of quaternary nitrogens is 1. The molecule has 0 spiro atoms. The molecule has 1 saturated heterocycles. The molecular formula is C21H27ClN3O+. The number of halogens is 1. The van der Waals surface area contributed by atoms with Crippen LogP contribution in [0.4, 0.5) is 0 Å². The van der Waals surface area contributed by atoms with Gasteiger partial charge in [-0.15, -0.1) is 0 Å². The Morgan fingerprint density at radius 1 is 1.12 bits per heavy atom. The summed E-state index contributed by atoms with van der Waals surface area (Å²) in [6.45, 7) is 7.93. The van der Waals surface area contributed by atoms with Crippen LogP contribution in [-0.4, -0.2) is 44.0 Å². The lowest BCUT2D eigenvalue weighted by molar-refractivity contribution is -0.918. The van der Waals surface area contributed by atoms with Crippen molar-refractivity contribution >= 4 is 17.8 Å². The van der Waals surface area contributed by atoms with Gasteiger partial charge in [0.1, 0.15) is 12.3 Å². The average Bonchev–Trinajstić information content (AvgIpc) is 2.68. The van der Waals surface area contributed by atoms with Crippen molar-refractivity contribution in [2.75, 3.05) is 32.8 Å². The van der Waals surface area contributed by atoms with Gasteiger partial charge < -0.3 is 9.64 Å². The van der Waals surface area contributed by atoms with Gasteiger partial charge in [0, 0.05) is 10.6 Å². The van der Waals surface area contributed by atoms with Crippen LogP contribution >= 0.6 is 11.6 Å². The maximum Gasteiger partial charge on any atom is 0.119 e. The van der Waals surface area contributed by atoms with Crippen molar-refractivity contribution in [1.29, 1.82) is 0 Å².